The first-order valence-electron chi connectivity index (χ1n) is 9.90. The van der Waals surface area contributed by atoms with Gasteiger partial charge in [0.2, 0.25) is 0 Å². The smallest absolute Gasteiger partial charge is 0.256 e. The number of aryl methyl sites for hydroxylation is 1. The summed E-state index contributed by atoms with van der Waals surface area (Å²) in [5.74, 6) is 0.212. The number of likely N-dealkylation sites (tertiary alicyclic amines) is 1. The molecule has 29 heavy (non-hydrogen) atoms. The average molecular weight is 396 g/mol. The number of aliphatic hydroxyl groups is 1. The zero-order chi connectivity index (χ0) is 20.4. The lowest BCUT2D eigenvalue weighted by atomic mass is 9.91. The van der Waals surface area contributed by atoms with Crippen molar-refractivity contribution in [3.8, 4) is 0 Å². The first-order valence-corrected chi connectivity index (χ1v) is 9.90. The van der Waals surface area contributed by atoms with E-state index in [-0.39, 0.29) is 18.3 Å². The molecule has 1 aliphatic heterocycles. The summed E-state index contributed by atoms with van der Waals surface area (Å²) < 4.78 is 19.0. The van der Waals surface area contributed by atoms with Crippen LogP contribution in [0.15, 0.2) is 52.9 Å². The zero-order valence-corrected chi connectivity index (χ0v) is 16.5. The van der Waals surface area contributed by atoms with Crippen molar-refractivity contribution < 1.29 is 18.7 Å². The van der Waals surface area contributed by atoms with Crippen LogP contribution in [0.4, 0.5) is 4.39 Å². The topological polar surface area (TPSA) is 65.7 Å². The average Bonchev–Trinajstić information content (AvgIpc) is 3.03. The summed E-state index contributed by atoms with van der Waals surface area (Å²) in [5, 5.41) is 15.2. The third-order valence-corrected chi connectivity index (χ3v) is 5.64. The Morgan fingerprint density at radius 1 is 1.21 bits per heavy atom. The number of hydrogen-bond donors (Lipinski definition) is 2. The molecule has 5 nitrogen and oxygen atoms in total. The number of halogens is 1. The predicted molar refractivity (Wildman–Crippen MR) is 109 cm³/mol. The monoisotopic (exact) mass is 396 g/mol. The molecule has 1 fully saturated rings. The molecule has 2 aromatic carbocycles. The maximum atomic E-state index is 13.1. The number of piperidine rings is 1. The van der Waals surface area contributed by atoms with Gasteiger partial charge < -0.3 is 19.7 Å². The van der Waals surface area contributed by atoms with E-state index in [4.69, 9.17) is 4.42 Å². The van der Waals surface area contributed by atoms with Crippen LogP contribution in [-0.2, 0) is 17.9 Å². The van der Waals surface area contributed by atoms with Crippen LogP contribution >= 0.6 is 0 Å². The maximum absolute atomic E-state index is 13.1. The van der Waals surface area contributed by atoms with E-state index < -0.39 is 5.60 Å². The van der Waals surface area contributed by atoms with Gasteiger partial charge in [0.05, 0.1) is 6.54 Å². The van der Waals surface area contributed by atoms with Crippen molar-refractivity contribution in [1.29, 1.82) is 0 Å². The second-order valence-corrected chi connectivity index (χ2v) is 7.74. The van der Waals surface area contributed by atoms with Crippen molar-refractivity contribution in [2.45, 2.75) is 38.5 Å². The molecule has 0 saturated carbocycles. The molecule has 2 heterocycles. The zero-order valence-electron chi connectivity index (χ0n) is 16.5. The molecule has 3 aromatic rings. The lowest BCUT2D eigenvalue weighted by Gasteiger charge is -2.38. The summed E-state index contributed by atoms with van der Waals surface area (Å²) in [7, 11) is 0. The number of rotatable bonds is 6. The number of nitrogens with zero attached hydrogens (tertiary/aromatic N) is 1. The second kappa shape index (κ2) is 7.97. The fourth-order valence-corrected chi connectivity index (χ4v) is 3.97. The Balaban J connectivity index is 1.39. The summed E-state index contributed by atoms with van der Waals surface area (Å²) in [6.45, 7) is 3.55. The molecule has 0 aliphatic carbocycles. The summed E-state index contributed by atoms with van der Waals surface area (Å²) >= 11 is 0. The van der Waals surface area contributed by atoms with Crippen molar-refractivity contribution in [2.24, 2.45) is 0 Å². The molecule has 4 rings (SSSR count). The number of hydrogen-bond acceptors (Lipinski definition) is 4. The van der Waals surface area contributed by atoms with Crippen LogP contribution in [0.1, 0.15) is 29.7 Å². The van der Waals surface area contributed by atoms with Gasteiger partial charge in [-0.15, -0.1) is 0 Å². The lowest BCUT2D eigenvalue weighted by Crippen LogP contribution is -2.57. The summed E-state index contributed by atoms with van der Waals surface area (Å²) in [5.41, 5.74) is 1.29. The molecular weight excluding hydrogens is 371 g/mol. The van der Waals surface area contributed by atoms with Gasteiger partial charge in [-0.2, -0.15) is 0 Å². The summed E-state index contributed by atoms with van der Waals surface area (Å²) in [6, 6.07) is 13.9. The van der Waals surface area contributed by atoms with E-state index in [2.05, 4.69) is 5.32 Å². The molecule has 2 N–H and O–H groups in total. The van der Waals surface area contributed by atoms with Crippen LogP contribution in [0.3, 0.4) is 0 Å². The van der Waals surface area contributed by atoms with Gasteiger partial charge in [0.25, 0.3) is 5.91 Å². The van der Waals surface area contributed by atoms with Crippen LogP contribution in [0, 0.1) is 12.7 Å². The molecule has 1 amide bonds. The Labute approximate surface area is 169 Å². The standard InChI is InChI=1S/C23H25FN2O3/c1-16-19-5-2-3-6-20(19)29-21(16)13-25-15-23(28)11-4-12-26(22(23)27)14-17-7-9-18(24)10-8-17/h2-3,5-10,25,28H,4,11-15H2,1H3. The number of amides is 1. The van der Waals surface area contributed by atoms with Crippen molar-refractivity contribution in [1.82, 2.24) is 10.2 Å². The van der Waals surface area contributed by atoms with Gasteiger partial charge in [0.1, 0.15) is 17.2 Å². The maximum Gasteiger partial charge on any atom is 0.256 e. The number of furan rings is 1. The molecular formula is C23H25FN2O3. The van der Waals surface area contributed by atoms with Crippen molar-refractivity contribution in [3.63, 3.8) is 0 Å². The van der Waals surface area contributed by atoms with Gasteiger partial charge in [-0.1, -0.05) is 30.3 Å². The second-order valence-electron chi connectivity index (χ2n) is 7.74. The lowest BCUT2D eigenvalue weighted by molar-refractivity contribution is -0.157. The van der Waals surface area contributed by atoms with E-state index in [0.29, 0.717) is 26.1 Å². The molecule has 0 bridgehead atoms. The molecule has 0 radical (unpaired) electrons. The van der Waals surface area contributed by atoms with Crippen molar-refractivity contribution in [3.05, 3.63) is 71.2 Å². The van der Waals surface area contributed by atoms with Crippen LogP contribution in [0.25, 0.3) is 11.0 Å². The van der Waals surface area contributed by atoms with Crippen LogP contribution in [-0.4, -0.2) is 34.6 Å². The van der Waals surface area contributed by atoms with E-state index in [0.717, 1.165) is 34.3 Å². The summed E-state index contributed by atoms with van der Waals surface area (Å²) in [6.07, 6.45) is 1.13. The molecule has 152 valence electrons. The predicted octanol–water partition coefficient (Wildman–Crippen LogP) is 3.52. The van der Waals surface area contributed by atoms with E-state index in [9.17, 15) is 14.3 Å². The fourth-order valence-electron chi connectivity index (χ4n) is 3.97. The summed E-state index contributed by atoms with van der Waals surface area (Å²) in [4.78, 5) is 14.6. The van der Waals surface area contributed by atoms with E-state index in [1.807, 2.05) is 31.2 Å². The first-order chi connectivity index (χ1) is 14.0. The Bertz CT molecular complexity index is 1010. The third kappa shape index (κ3) is 4.04. The Morgan fingerprint density at radius 3 is 2.72 bits per heavy atom. The van der Waals surface area contributed by atoms with E-state index in [1.54, 1.807) is 17.0 Å². The van der Waals surface area contributed by atoms with Crippen LogP contribution < -0.4 is 5.32 Å². The number of carbonyl (C=O) groups is 1. The highest BCUT2D eigenvalue weighted by atomic mass is 19.1. The molecule has 6 heteroatoms. The molecule has 1 atom stereocenters. The fraction of sp³-hybridized carbons (Fsp3) is 0.348. The van der Waals surface area contributed by atoms with Crippen molar-refractivity contribution >= 4 is 16.9 Å². The highest BCUT2D eigenvalue weighted by Gasteiger charge is 2.41. The Hall–Kier alpha value is -2.70. The molecule has 1 saturated heterocycles. The Morgan fingerprint density at radius 2 is 1.97 bits per heavy atom. The first kappa shape index (κ1) is 19.6. The van der Waals surface area contributed by atoms with Gasteiger partial charge in [-0.3, -0.25) is 4.79 Å². The number of carbonyl (C=O) groups excluding carboxylic acids is 1. The SMILES string of the molecule is Cc1c(CNCC2(O)CCCN(Cc3ccc(F)cc3)C2=O)oc2ccccc12. The van der Waals surface area contributed by atoms with Gasteiger partial charge in [0, 0.05) is 25.0 Å². The van der Waals surface area contributed by atoms with E-state index >= 15 is 0 Å². The quantitative estimate of drug-likeness (QED) is 0.669. The third-order valence-electron chi connectivity index (χ3n) is 5.64. The van der Waals surface area contributed by atoms with Gasteiger partial charge in [0.15, 0.2) is 5.60 Å². The van der Waals surface area contributed by atoms with Crippen LogP contribution in [0.5, 0.6) is 0 Å². The number of fused-ring (bicyclic) bond motifs is 1. The highest BCUT2D eigenvalue weighted by Crippen LogP contribution is 2.26. The number of benzene rings is 2. The number of nitrogens with one attached hydrogen (secondary N) is 1. The largest absolute Gasteiger partial charge is 0.459 e. The minimum Gasteiger partial charge on any atom is -0.459 e. The van der Waals surface area contributed by atoms with Crippen molar-refractivity contribution in [2.75, 3.05) is 13.1 Å². The molecule has 0 spiro atoms. The van der Waals surface area contributed by atoms with Gasteiger partial charge in [-0.05, 0) is 49.1 Å². The molecule has 1 aromatic heterocycles. The number of para-hydroxylation sites is 1. The minimum atomic E-state index is -1.45. The van der Waals surface area contributed by atoms with Gasteiger partial charge >= 0.3 is 0 Å². The van der Waals surface area contributed by atoms with Crippen LogP contribution in [0.2, 0.25) is 0 Å². The van der Waals surface area contributed by atoms with E-state index in [1.165, 1.54) is 12.1 Å². The minimum absolute atomic E-state index is 0.155. The Kier molecular flexibility index (Phi) is 5.39. The van der Waals surface area contributed by atoms with Gasteiger partial charge in [-0.25, -0.2) is 4.39 Å². The highest BCUT2D eigenvalue weighted by molar-refractivity contribution is 5.86. The normalized spacial score (nSPS) is 19.8. The molecule has 1 unspecified atom stereocenters. The molecule has 1 aliphatic rings.